The van der Waals surface area contributed by atoms with E-state index in [1.165, 1.54) is 112 Å². The molecule has 3 rings (SSSR count). The molecular formula is C38H55OS+. The Hall–Kier alpha value is -2.19. The van der Waals surface area contributed by atoms with E-state index in [1.54, 1.807) is 0 Å². The quantitative estimate of drug-likeness (QED) is 0.0829. The Labute approximate surface area is 249 Å². The Kier molecular flexibility index (Phi) is 17.4. The van der Waals surface area contributed by atoms with Gasteiger partial charge in [0.05, 0.1) is 6.61 Å². The van der Waals surface area contributed by atoms with Gasteiger partial charge in [-0.25, -0.2) is 0 Å². The van der Waals surface area contributed by atoms with Gasteiger partial charge in [-0.15, -0.1) is 0 Å². The van der Waals surface area contributed by atoms with Gasteiger partial charge in [0.15, 0.2) is 4.90 Å². The van der Waals surface area contributed by atoms with Crippen LogP contribution in [0.5, 0.6) is 5.75 Å². The van der Waals surface area contributed by atoms with Gasteiger partial charge in [0.25, 0.3) is 0 Å². The Morgan fingerprint density at radius 1 is 0.450 bits per heavy atom. The maximum atomic E-state index is 6.10. The summed E-state index contributed by atoms with van der Waals surface area (Å²) in [5.41, 5.74) is 2.82. The van der Waals surface area contributed by atoms with Crippen LogP contribution >= 0.6 is 0 Å². The number of hydrogen-bond acceptors (Lipinski definition) is 1. The van der Waals surface area contributed by atoms with Crippen molar-refractivity contribution in [1.29, 1.82) is 0 Å². The van der Waals surface area contributed by atoms with Gasteiger partial charge in [-0.2, -0.15) is 0 Å². The number of hydrogen-bond donors (Lipinski definition) is 0. The first-order valence-electron chi connectivity index (χ1n) is 16.3. The summed E-state index contributed by atoms with van der Waals surface area (Å²) in [4.78, 5) is 1.42. The lowest BCUT2D eigenvalue weighted by atomic mass is 10.0. The second kappa shape index (κ2) is 21.5. The number of benzene rings is 3. The highest BCUT2D eigenvalue weighted by molar-refractivity contribution is 7.95. The van der Waals surface area contributed by atoms with Crippen molar-refractivity contribution < 1.29 is 4.74 Å². The molecule has 0 aliphatic carbocycles. The molecule has 0 spiro atoms. The second-order valence-electron chi connectivity index (χ2n) is 11.4. The van der Waals surface area contributed by atoms with Crippen molar-refractivity contribution in [2.24, 2.45) is 0 Å². The highest BCUT2D eigenvalue weighted by atomic mass is 32.2. The summed E-state index contributed by atoms with van der Waals surface area (Å²) in [6.07, 6.45) is 22.4. The summed E-state index contributed by atoms with van der Waals surface area (Å²) in [7, 11) is 0.128. The van der Waals surface area contributed by atoms with Crippen LogP contribution in [0.3, 0.4) is 0 Å². The molecule has 40 heavy (non-hydrogen) atoms. The van der Waals surface area contributed by atoms with Crippen LogP contribution in [-0.4, -0.2) is 6.61 Å². The molecule has 0 saturated heterocycles. The fourth-order valence-corrected chi connectivity index (χ4v) is 7.48. The third-order valence-corrected chi connectivity index (χ3v) is 10.1. The maximum absolute atomic E-state index is 6.10. The van der Waals surface area contributed by atoms with Crippen molar-refractivity contribution in [3.8, 4) is 5.75 Å². The van der Waals surface area contributed by atoms with Gasteiger partial charge in [0.1, 0.15) is 17.3 Å². The molecule has 0 atom stereocenters. The predicted octanol–water partition coefficient (Wildman–Crippen LogP) is 11.7. The van der Waals surface area contributed by atoms with Gasteiger partial charge in [-0.05, 0) is 30.7 Å². The minimum Gasteiger partial charge on any atom is -0.494 e. The van der Waals surface area contributed by atoms with Crippen LogP contribution in [0.1, 0.15) is 121 Å². The molecule has 218 valence electrons. The Morgan fingerprint density at radius 3 is 1.27 bits per heavy atom. The van der Waals surface area contributed by atoms with Gasteiger partial charge in [-0.3, -0.25) is 0 Å². The molecule has 3 aromatic carbocycles. The van der Waals surface area contributed by atoms with Crippen LogP contribution in [0, 0.1) is 0 Å². The van der Waals surface area contributed by atoms with Crippen molar-refractivity contribution in [1.82, 2.24) is 0 Å². The van der Waals surface area contributed by atoms with E-state index in [1.807, 2.05) is 0 Å². The fourth-order valence-electron chi connectivity index (χ4n) is 5.34. The predicted molar refractivity (Wildman–Crippen MR) is 177 cm³/mol. The first kappa shape index (κ1) is 32.3. The summed E-state index contributed by atoms with van der Waals surface area (Å²) in [6.45, 7) is 3.13. The molecule has 1 nitrogen and oxygen atoms in total. The van der Waals surface area contributed by atoms with Crippen LogP contribution in [0.2, 0.25) is 0 Å². The average Bonchev–Trinajstić information content (AvgIpc) is 3.00. The molecule has 0 heterocycles. The monoisotopic (exact) mass is 559 g/mol. The highest BCUT2D eigenvalue weighted by Crippen LogP contribution is 2.26. The number of rotatable bonds is 23. The normalized spacial score (nSPS) is 11.2. The summed E-state index contributed by atoms with van der Waals surface area (Å²) in [5, 5.41) is 0. The molecule has 0 amide bonds. The Morgan fingerprint density at radius 2 is 0.850 bits per heavy atom. The van der Waals surface area contributed by atoms with Crippen LogP contribution in [0.25, 0.3) is 0 Å². The summed E-state index contributed by atoms with van der Waals surface area (Å²) in [5.74, 6) is 3.16. The van der Waals surface area contributed by atoms with Crippen molar-refractivity contribution in [3.05, 3.63) is 96.1 Å². The minimum absolute atomic E-state index is 0.128. The first-order chi connectivity index (χ1) is 19.8. The van der Waals surface area contributed by atoms with E-state index in [9.17, 15) is 0 Å². The number of unbranched alkanes of at least 4 members (excludes halogenated alkanes) is 15. The van der Waals surface area contributed by atoms with Crippen LogP contribution in [-0.2, 0) is 22.4 Å². The molecule has 0 unspecified atom stereocenters. The largest absolute Gasteiger partial charge is 0.494 e. The zero-order valence-electron chi connectivity index (χ0n) is 25.3. The van der Waals surface area contributed by atoms with Crippen molar-refractivity contribution in [2.45, 2.75) is 126 Å². The molecule has 2 heteroatoms. The summed E-state index contributed by atoms with van der Waals surface area (Å²) in [6, 6.07) is 30.7. The zero-order chi connectivity index (χ0) is 27.9. The van der Waals surface area contributed by atoms with E-state index in [2.05, 4.69) is 91.9 Å². The van der Waals surface area contributed by atoms with Crippen LogP contribution < -0.4 is 4.74 Å². The minimum atomic E-state index is 0.128. The number of ether oxygens (including phenoxy) is 1. The van der Waals surface area contributed by atoms with Crippen LogP contribution in [0.4, 0.5) is 0 Å². The van der Waals surface area contributed by atoms with E-state index in [-0.39, 0.29) is 10.9 Å². The van der Waals surface area contributed by atoms with Gasteiger partial charge in [0.2, 0.25) is 0 Å². The molecule has 0 aliphatic heterocycles. The van der Waals surface area contributed by atoms with E-state index in [0.29, 0.717) is 0 Å². The molecule has 0 bridgehead atoms. The van der Waals surface area contributed by atoms with Crippen molar-refractivity contribution in [3.63, 3.8) is 0 Å². The van der Waals surface area contributed by atoms with Crippen molar-refractivity contribution >= 4 is 10.9 Å². The fraction of sp³-hybridized carbons (Fsp3) is 0.526. The zero-order valence-corrected chi connectivity index (χ0v) is 26.2. The van der Waals surface area contributed by atoms with Gasteiger partial charge >= 0.3 is 0 Å². The standard InChI is InChI=1S/C38H55OS/c1-2-3-4-5-6-7-8-9-10-11-12-13-14-15-16-23-32-39-37-28-30-38(31-29-37)40(33-35-24-19-17-20-25-35)34-36-26-21-18-22-27-36/h17-22,24-31H,2-16,23,32-34H2,1H3/q+1. The molecule has 0 aliphatic rings. The maximum Gasteiger partial charge on any atom is 0.155 e. The highest BCUT2D eigenvalue weighted by Gasteiger charge is 2.23. The van der Waals surface area contributed by atoms with E-state index in [0.717, 1.165) is 30.3 Å². The molecule has 0 N–H and O–H groups in total. The smallest absolute Gasteiger partial charge is 0.155 e. The lowest BCUT2D eigenvalue weighted by Crippen LogP contribution is -2.10. The second-order valence-corrected chi connectivity index (χ2v) is 13.4. The summed E-state index contributed by atoms with van der Waals surface area (Å²) >= 11 is 0. The molecule has 0 fully saturated rings. The molecular weight excluding hydrogens is 504 g/mol. The van der Waals surface area contributed by atoms with E-state index < -0.39 is 0 Å². The SMILES string of the molecule is CCCCCCCCCCCCCCCCCCOc1ccc([S+](Cc2ccccc2)Cc2ccccc2)cc1. The van der Waals surface area contributed by atoms with Gasteiger partial charge in [-0.1, -0.05) is 164 Å². The van der Waals surface area contributed by atoms with Crippen molar-refractivity contribution in [2.75, 3.05) is 6.61 Å². The lowest BCUT2D eigenvalue weighted by molar-refractivity contribution is 0.304. The van der Waals surface area contributed by atoms with E-state index >= 15 is 0 Å². The average molecular weight is 560 g/mol. The topological polar surface area (TPSA) is 9.23 Å². The Balaban J connectivity index is 1.24. The summed E-state index contributed by atoms with van der Waals surface area (Å²) < 4.78 is 6.10. The Bertz CT molecular complexity index is 928. The molecule has 3 aromatic rings. The van der Waals surface area contributed by atoms with Crippen LogP contribution in [0.15, 0.2) is 89.8 Å². The molecule has 0 radical (unpaired) electrons. The third kappa shape index (κ3) is 14.4. The van der Waals surface area contributed by atoms with Gasteiger partial charge in [0, 0.05) is 22.0 Å². The third-order valence-electron chi connectivity index (χ3n) is 7.79. The van der Waals surface area contributed by atoms with Gasteiger partial charge < -0.3 is 4.74 Å². The lowest BCUT2D eigenvalue weighted by Gasteiger charge is -2.11. The molecule has 0 saturated carbocycles. The first-order valence-corrected chi connectivity index (χ1v) is 17.9. The molecule has 0 aromatic heterocycles. The van der Waals surface area contributed by atoms with E-state index in [4.69, 9.17) is 4.74 Å².